The Morgan fingerprint density at radius 3 is 2.80 bits per heavy atom. The molecule has 1 aromatic carbocycles. The van der Waals surface area contributed by atoms with Crippen LogP contribution in [-0.2, 0) is 4.74 Å². The van der Waals surface area contributed by atoms with Gasteiger partial charge in [-0.25, -0.2) is 0 Å². The molecule has 1 aliphatic carbocycles. The summed E-state index contributed by atoms with van der Waals surface area (Å²) in [6, 6.07) is 3.88. The Labute approximate surface area is 121 Å². The fourth-order valence-electron chi connectivity index (χ4n) is 2.35. The number of ether oxygens (including phenoxy) is 1. The van der Waals surface area contributed by atoms with Crippen LogP contribution in [0.25, 0.3) is 0 Å². The van der Waals surface area contributed by atoms with Crippen LogP contribution >= 0.6 is 11.6 Å². The van der Waals surface area contributed by atoms with Crippen LogP contribution in [0.2, 0.25) is 5.02 Å². The van der Waals surface area contributed by atoms with E-state index >= 15 is 0 Å². The van der Waals surface area contributed by atoms with Crippen molar-refractivity contribution in [2.75, 3.05) is 7.11 Å². The molecule has 1 saturated carbocycles. The van der Waals surface area contributed by atoms with Gasteiger partial charge in [-0.3, -0.25) is 14.9 Å². The molecule has 0 aliphatic heterocycles. The molecular formula is C13H15ClN2O4. The number of nitro groups is 1. The quantitative estimate of drug-likeness (QED) is 0.684. The van der Waals surface area contributed by atoms with Crippen molar-refractivity contribution in [3.8, 4) is 0 Å². The maximum atomic E-state index is 12.1. The minimum Gasteiger partial charge on any atom is -0.381 e. The molecule has 0 spiro atoms. The monoisotopic (exact) mass is 298 g/mol. The molecule has 1 aliphatic rings. The zero-order chi connectivity index (χ0) is 14.7. The normalized spacial score (nSPS) is 21.7. The first-order valence-corrected chi connectivity index (χ1v) is 6.66. The van der Waals surface area contributed by atoms with E-state index in [1.165, 1.54) is 18.2 Å². The van der Waals surface area contributed by atoms with Crippen molar-refractivity contribution < 1.29 is 14.5 Å². The maximum Gasteiger partial charge on any atom is 0.270 e. The van der Waals surface area contributed by atoms with E-state index in [2.05, 4.69) is 5.32 Å². The number of carbonyl (C=O) groups is 1. The molecule has 108 valence electrons. The number of nitrogens with zero attached hydrogens (tertiary/aromatic N) is 1. The Kier molecular flexibility index (Phi) is 4.57. The standard InChI is InChI=1S/C13H15ClN2O4/c1-20-10-4-2-8(6-10)15-13(17)11-5-3-9(16(18)19)7-12(11)14/h3,5,7-8,10H,2,4,6H2,1H3,(H,15,17). The Morgan fingerprint density at radius 1 is 1.50 bits per heavy atom. The lowest BCUT2D eigenvalue weighted by Crippen LogP contribution is -2.33. The fraction of sp³-hybridized carbons (Fsp3) is 0.462. The van der Waals surface area contributed by atoms with E-state index in [1.807, 2.05) is 0 Å². The van der Waals surface area contributed by atoms with Crippen molar-refractivity contribution in [1.82, 2.24) is 5.32 Å². The number of carbonyl (C=O) groups excluding carboxylic acids is 1. The first kappa shape index (κ1) is 14.7. The summed E-state index contributed by atoms with van der Waals surface area (Å²) in [5.74, 6) is -0.313. The molecule has 0 heterocycles. The minimum atomic E-state index is -0.548. The molecule has 0 saturated heterocycles. The molecule has 7 heteroatoms. The molecule has 0 bridgehead atoms. The van der Waals surface area contributed by atoms with Crippen molar-refractivity contribution in [3.63, 3.8) is 0 Å². The van der Waals surface area contributed by atoms with Gasteiger partial charge in [-0.15, -0.1) is 0 Å². The Bertz CT molecular complexity index is 535. The van der Waals surface area contributed by atoms with E-state index in [-0.39, 0.29) is 34.3 Å². The highest BCUT2D eigenvalue weighted by atomic mass is 35.5. The summed E-state index contributed by atoms with van der Waals surface area (Å²) in [6.45, 7) is 0. The SMILES string of the molecule is COC1CCC(NC(=O)c2ccc([N+](=O)[O-])cc2Cl)C1. The van der Waals surface area contributed by atoms with E-state index in [9.17, 15) is 14.9 Å². The number of hydrogen-bond acceptors (Lipinski definition) is 4. The summed E-state index contributed by atoms with van der Waals surface area (Å²) in [5, 5.41) is 13.6. The predicted octanol–water partition coefficient (Wildman–Crippen LogP) is 2.55. The van der Waals surface area contributed by atoms with Crippen LogP contribution in [0.3, 0.4) is 0 Å². The largest absolute Gasteiger partial charge is 0.381 e. The molecule has 1 aromatic rings. The van der Waals surface area contributed by atoms with Gasteiger partial charge < -0.3 is 10.1 Å². The second kappa shape index (κ2) is 6.19. The van der Waals surface area contributed by atoms with Gasteiger partial charge in [0.05, 0.1) is 21.6 Å². The number of non-ortho nitro benzene ring substituents is 1. The molecule has 1 amide bonds. The number of amides is 1. The first-order valence-electron chi connectivity index (χ1n) is 6.29. The topological polar surface area (TPSA) is 81.5 Å². The van der Waals surface area contributed by atoms with Crippen molar-refractivity contribution in [1.29, 1.82) is 0 Å². The number of nitro benzene ring substituents is 1. The van der Waals surface area contributed by atoms with E-state index in [4.69, 9.17) is 16.3 Å². The van der Waals surface area contributed by atoms with Crippen LogP contribution in [0.4, 0.5) is 5.69 Å². The molecule has 20 heavy (non-hydrogen) atoms. The van der Waals surface area contributed by atoms with Gasteiger partial charge in [0.15, 0.2) is 0 Å². The van der Waals surface area contributed by atoms with Gasteiger partial charge in [0, 0.05) is 25.3 Å². The van der Waals surface area contributed by atoms with Gasteiger partial charge in [0.1, 0.15) is 0 Å². The van der Waals surface area contributed by atoms with Crippen LogP contribution < -0.4 is 5.32 Å². The molecule has 2 unspecified atom stereocenters. The Hall–Kier alpha value is -1.66. The van der Waals surface area contributed by atoms with E-state index < -0.39 is 4.92 Å². The molecule has 6 nitrogen and oxygen atoms in total. The zero-order valence-corrected chi connectivity index (χ0v) is 11.7. The zero-order valence-electron chi connectivity index (χ0n) is 11.0. The van der Waals surface area contributed by atoms with Crippen LogP contribution in [-0.4, -0.2) is 30.1 Å². The molecule has 2 rings (SSSR count). The van der Waals surface area contributed by atoms with Gasteiger partial charge in [-0.05, 0) is 25.3 Å². The highest BCUT2D eigenvalue weighted by molar-refractivity contribution is 6.34. The van der Waals surface area contributed by atoms with Crippen molar-refractivity contribution in [3.05, 3.63) is 38.9 Å². The molecule has 1 fully saturated rings. The number of rotatable bonds is 4. The smallest absolute Gasteiger partial charge is 0.270 e. The molecular weight excluding hydrogens is 284 g/mol. The number of benzene rings is 1. The number of methoxy groups -OCH3 is 1. The summed E-state index contributed by atoms with van der Waals surface area (Å²) < 4.78 is 5.24. The average molecular weight is 299 g/mol. The lowest BCUT2D eigenvalue weighted by molar-refractivity contribution is -0.384. The van der Waals surface area contributed by atoms with Gasteiger partial charge in [0.25, 0.3) is 11.6 Å². The number of hydrogen-bond donors (Lipinski definition) is 1. The maximum absolute atomic E-state index is 12.1. The van der Waals surface area contributed by atoms with Gasteiger partial charge in [-0.2, -0.15) is 0 Å². The summed E-state index contributed by atoms with van der Waals surface area (Å²) >= 11 is 5.92. The molecule has 0 radical (unpaired) electrons. The molecule has 1 N–H and O–H groups in total. The lowest BCUT2D eigenvalue weighted by atomic mass is 10.1. The molecule has 0 aromatic heterocycles. The average Bonchev–Trinajstić information content (AvgIpc) is 2.85. The number of nitrogens with one attached hydrogen (secondary N) is 1. The van der Waals surface area contributed by atoms with Crippen LogP contribution in [0, 0.1) is 10.1 Å². The first-order chi connectivity index (χ1) is 9.51. The third kappa shape index (κ3) is 3.26. The summed E-state index contributed by atoms with van der Waals surface area (Å²) in [6.07, 6.45) is 2.71. The van der Waals surface area contributed by atoms with E-state index in [1.54, 1.807) is 7.11 Å². The second-order valence-corrected chi connectivity index (χ2v) is 5.17. The summed E-state index contributed by atoms with van der Waals surface area (Å²) in [4.78, 5) is 22.2. The van der Waals surface area contributed by atoms with E-state index in [0.29, 0.717) is 0 Å². The van der Waals surface area contributed by atoms with Gasteiger partial charge in [-0.1, -0.05) is 11.6 Å². The lowest BCUT2D eigenvalue weighted by Gasteiger charge is -2.13. The predicted molar refractivity (Wildman–Crippen MR) is 74.0 cm³/mol. The van der Waals surface area contributed by atoms with Gasteiger partial charge in [0.2, 0.25) is 0 Å². The second-order valence-electron chi connectivity index (χ2n) is 4.76. The minimum absolute atomic E-state index is 0.0544. The third-order valence-corrected chi connectivity index (χ3v) is 3.77. The van der Waals surface area contributed by atoms with Crippen molar-refractivity contribution >= 4 is 23.2 Å². The summed E-state index contributed by atoms with van der Waals surface area (Å²) in [7, 11) is 1.65. The van der Waals surface area contributed by atoms with Crippen LogP contribution in [0.1, 0.15) is 29.6 Å². The Balaban J connectivity index is 2.04. The highest BCUT2D eigenvalue weighted by Crippen LogP contribution is 2.25. The Morgan fingerprint density at radius 2 is 2.25 bits per heavy atom. The highest BCUT2D eigenvalue weighted by Gasteiger charge is 2.26. The van der Waals surface area contributed by atoms with Gasteiger partial charge >= 0.3 is 0 Å². The fourth-order valence-corrected chi connectivity index (χ4v) is 2.61. The molecule has 2 atom stereocenters. The van der Waals surface area contributed by atoms with Crippen LogP contribution in [0.5, 0.6) is 0 Å². The van der Waals surface area contributed by atoms with Crippen molar-refractivity contribution in [2.24, 2.45) is 0 Å². The third-order valence-electron chi connectivity index (χ3n) is 3.46. The van der Waals surface area contributed by atoms with Crippen LogP contribution in [0.15, 0.2) is 18.2 Å². The van der Waals surface area contributed by atoms with Crippen molar-refractivity contribution in [2.45, 2.75) is 31.4 Å². The summed E-state index contributed by atoms with van der Waals surface area (Å²) in [5.41, 5.74) is 0.116. The van der Waals surface area contributed by atoms with E-state index in [0.717, 1.165) is 19.3 Å². The number of halogens is 1.